The molecule has 0 heterocycles. The van der Waals surface area contributed by atoms with Crippen LogP contribution in [0.15, 0.2) is 53.4 Å². The molecule has 0 aliphatic rings. The number of benzene rings is 2. The second-order valence-electron chi connectivity index (χ2n) is 7.01. The van der Waals surface area contributed by atoms with Crippen LogP contribution < -0.4 is 14.8 Å². The van der Waals surface area contributed by atoms with Crippen molar-refractivity contribution in [1.82, 2.24) is 4.31 Å². The fraction of sp³-hybridized carbons (Fsp3) is 0.348. The summed E-state index contributed by atoms with van der Waals surface area (Å²) in [6, 6.07) is 11.7. The molecule has 168 valence electrons. The number of ether oxygens (including phenoxy) is 2. The van der Waals surface area contributed by atoms with Gasteiger partial charge in [-0.3, -0.25) is 4.79 Å². The number of carbonyl (C=O) groups is 1. The standard InChI is InChI=1S/C23H30N2O5S/c1-6-25(7-2)31(27,28)20-13-14-22(30-17(3)4)21(16-20)24-23(26)15-10-18-8-11-19(29-5)12-9-18/h8-17H,6-7H2,1-5H3,(H,24,26)/b15-10+. The lowest BCUT2D eigenvalue weighted by Crippen LogP contribution is -2.30. The SMILES string of the molecule is CCN(CC)S(=O)(=O)c1ccc(OC(C)C)c(NC(=O)/C=C/c2ccc(OC)cc2)c1. The Kier molecular flexibility index (Phi) is 8.65. The molecule has 7 nitrogen and oxygen atoms in total. The molecule has 0 spiro atoms. The predicted molar refractivity (Wildman–Crippen MR) is 123 cm³/mol. The van der Waals surface area contributed by atoms with E-state index in [0.717, 1.165) is 11.3 Å². The molecule has 1 amide bonds. The number of hydrogen-bond donors (Lipinski definition) is 1. The zero-order valence-corrected chi connectivity index (χ0v) is 19.4. The topological polar surface area (TPSA) is 84.9 Å². The van der Waals surface area contributed by atoms with E-state index in [-0.39, 0.29) is 11.0 Å². The van der Waals surface area contributed by atoms with Gasteiger partial charge in [0.05, 0.1) is 23.8 Å². The third kappa shape index (κ3) is 6.57. The van der Waals surface area contributed by atoms with Crippen LogP contribution in [0.25, 0.3) is 6.08 Å². The summed E-state index contributed by atoms with van der Waals surface area (Å²) in [5.41, 5.74) is 1.12. The van der Waals surface area contributed by atoms with Gasteiger partial charge in [-0.15, -0.1) is 0 Å². The zero-order valence-electron chi connectivity index (χ0n) is 18.6. The average molecular weight is 447 g/mol. The van der Waals surface area contributed by atoms with Gasteiger partial charge in [0.25, 0.3) is 0 Å². The molecule has 0 bridgehead atoms. The Labute approximate surface area is 184 Å². The number of carbonyl (C=O) groups excluding carboxylic acids is 1. The van der Waals surface area contributed by atoms with Crippen molar-refractivity contribution in [3.63, 3.8) is 0 Å². The van der Waals surface area contributed by atoms with Gasteiger partial charge in [0.1, 0.15) is 11.5 Å². The molecule has 0 fully saturated rings. The molecule has 0 aliphatic carbocycles. The maximum atomic E-state index is 12.9. The summed E-state index contributed by atoms with van der Waals surface area (Å²) in [6.45, 7) is 7.99. The van der Waals surface area contributed by atoms with Crippen molar-refractivity contribution in [1.29, 1.82) is 0 Å². The van der Waals surface area contributed by atoms with Gasteiger partial charge in [0, 0.05) is 19.2 Å². The molecular formula is C23H30N2O5S. The second-order valence-corrected chi connectivity index (χ2v) is 8.95. The van der Waals surface area contributed by atoms with Crippen LogP contribution in [0.4, 0.5) is 5.69 Å². The monoisotopic (exact) mass is 446 g/mol. The summed E-state index contributed by atoms with van der Waals surface area (Å²) >= 11 is 0. The van der Waals surface area contributed by atoms with Crippen LogP contribution in [0.3, 0.4) is 0 Å². The lowest BCUT2D eigenvalue weighted by atomic mass is 10.2. The highest BCUT2D eigenvalue weighted by Crippen LogP contribution is 2.30. The molecular weight excluding hydrogens is 416 g/mol. The van der Waals surface area contributed by atoms with Crippen molar-refractivity contribution < 1.29 is 22.7 Å². The Hall–Kier alpha value is -2.84. The molecule has 0 saturated heterocycles. The van der Waals surface area contributed by atoms with Gasteiger partial charge in [-0.1, -0.05) is 26.0 Å². The highest BCUT2D eigenvalue weighted by molar-refractivity contribution is 7.89. The minimum Gasteiger partial charge on any atom is -0.497 e. The van der Waals surface area contributed by atoms with Crippen LogP contribution in [0.2, 0.25) is 0 Å². The Balaban J connectivity index is 2.30. The molecule has 0 aromatic heterocycles. The van der Waals surface area contributed by atoms with Crippen LogP contribution in [-0.2, 0) is 14.8 Å². The Morgan fingerprint density at radius 2 is 1.74 bits per heavy atom. The molecule has 2 rings (SSSR count). The van der Waals surface area contributed by atoms with E-state index >= 15 is 0 Å². The van der Waals surface area contributed by atoms with Crippen LogP contribution in [0.5, 0.6) is 11.5 Å². The summed E-state index contributed by atoms with van der Waals surface area (Å²) < 4.78 is 38.0. The van der Waals surface area contributed by atoms with Crippen molar-refractivity contribution >= 4 is 27.7 Å². The largest absolute Gasteiger partial charge is 0.497 e. The summed E-state index contributed by atoms with van der Waals surface area (Å²) in [7, 11) is -2.08. The lowest BCUT2D eigenvalue weighted by molar-refractivity contribution is -0.111. The summed E-state index contributed by atoms with van der Waals surface area (Å²) in [5, 5.41) is 2.74. The molecule has 2 aromatic carbocycles. The smallest absolute Gasteiger partial charge is 0.248 e. The summed E-state index contributed by atoms with van der Waals surface area (Å²) in [6.07, 6.45) is 2.90. The number of sulfonamides is 1. The van der Waals surface area contributed by atoms with Gasteiger partial charge in [-0.2, -0.15) is 4.31 Å². The summed E-state index contributed by atoms with van der Waals surface area (Å²) in [5.74, 6) is 0.727. The number of nitrogens with one attached hydrogen (secondary N) is 1. The fourth-order valence-corrected chi connectivity index (χ4v) is 4.38. The number of anilines is 1. The number of rotatable bonds is 10. The fourth-order valence-electron chi connectivity index (χ4n) is 2.90. The number of hydrogen-bond acceptors (Lipinski definition) is 5. The molecule has 0 saturated carbocycles. The number of nitrogens with zero attached hydrogens (tertiary/aromatic N) is 1. The quantitative estimate of drug-likeness (QED) is 0.554. The first-order valence-electron chi connectivity index (χ1n) is 10.1. The Bertz CT molecular complexity index is 1010. The predicted octanol–water partition coefficient (Wildman–Crippen LogP) is 4.16. The second kappa shape index (κ2) is 11.0. The van der Waals surface area contributed by atoms with Crippen molar-refractivity contribution in [2.45, 2.75) is 38.7 Å². The molecule has 31 heavy (non-hydrogen) atoms. The third-order valence-corrected chi connectivity index (χ3v) is 6.50. The Morgan fingerprint density at radius 1 is 1.10 bits per heavy atom. The van der Waals surface area contributed by atoms with E-state index in [1.165, 1.54) is 22.5 Å². The minimum atomic E-state index is -3.67. The van der Waals surface area contributed by atoms with Crippen molar-refractivity contribution in [2.75, 3.05) is 25.5 Å². The molecule has 2 aromatic rings. The molecule has 0 radical (unpaired) electrons. The molecule has 8 heteroatoms. The van der Waals surface area contributed by atoms with Gasteiger partial charge in [-0.25, -0.2) is 8.42 Å². The van der Waals surface area contributed by atoms with E-state index < -0.39 is 15.9 Å². The van der Waals surface area contributed by atoms with Gasteiger partial charge in [-0.05, 0) is 55.8 Å². The van der Waals surface area contributed by atoms with Gasteiger partial charge >= 0.3 is 0 Å². The lowest BCUT2D eigenvalue weighted by Gasteiger charge is -2.20. The van der Waals surface area contributed by atoms with E-state index in [1.54, 1.807) is 45.2 Å². The van der Waals surface area contributed by atoms with Crippen LogP contribution >= 0.6 is 0 Å². The highest BCUT2D eigenvalue weighted by atomic mass is 32.2. The molecule has 0 aliphatic heterocycles. The number of amides is 1. The molecule has 0 unspecified atom stereocenters. The minimum absolute atomic E-state index is 0.0988. The zero-order chi connectivity index (χ0) is 23.0. The van der Waals surface area contributed by atoms with Crippen molar-refractivity contribution in [2.24, 2.45) is 0 Å². The normalized spacial score (nSPS) is 11.8. The van der Waals surface area contributed by atoms with E-state index in [1.807, 2.05) is 26.0 Å². The highest BCUT2D eigenvalue weighted by Gasteiger charge is 2.23. The third-order valence-electron chi connectivity index (χ3n) is 4.46. The average Bonchev–Trinajstić information content (AvgIpc) is 2.74. The van der Waals surface area contributed by atoms with Gasteiger partial charge in [0.15, 0.2) is 0 Å². The van der Waals surface area contributed by atoms with E-state index in [0.29, 0.717) is 24.5 Å². The van der Waals surface area contributed by atoms with Gasteiger partial charge < -0.3 is 14.8 Å². The van der Waals surface area contributed by atoms with Crippen LogP contribution in [0.1, 0.15) is 33.3 Å². The molecule has 1 N–H and O–H groups in total. The summed E-state index contributed by atoms with van der Waals surface area (Å²) in [4.78, 5) is 12.6. The van der Waals surface area contributed by atoms with Gasteiger partial charge in [0.2, 0.25) is 15.9 Å². The van der Waals surface area contributed by atoms with E-state index in [4.69, 9.17) is 9.47 Å². The van der Waals surface area contributed by atoms with Crippen molar-refractivity contribution in [3.8, 4) is 11.5 Å². The van der Waals surface area contributed by atoms with Crippen LogP contribution in [0, 0.1) is 0 Å². The van der Waals surface area contributed by atoms with Crippen LogP contribution in [-0.4, -0.2) is 44.9 Å². The Morgan fingerprint density at radius 3 is 2.29 bits per heavy atom. The van der Waals surface area contributed by atoms with Crippen molar-refractivity contribution in [3.05, 3.63) is 54.1 Å². The first-order valence-corrected chi connectivity index (χ1v) is 11.6. The molecule has 0 atom stereocenters. The maximum Gasteiger partial charge on any atom is 0.248 e. The number of methoxy groups -OCH3 is 1. The first kappa shape index (κ1) is 24.4. The first-order chi connectivity index (χ1) is 14.7. The maximum absolute atomic E-state index is 12.9. The van der Waals surface area contributed by atoms with E-state index in [9.17, 15) is 13.2 Å². The van der Waals surface area contributed by atoms with E-state index in [2.05, 4.69) is 5.32 Å².